The van der Waals surface area contributed by atoms with Crippen LogP contribution >= 0.6 is 11.6 Å². The van der Waals surface area contributed by atoms with Gasteiger partial charge in [0.15, 0.2) is 0 Å². The first kappa shape index (κ1) is 12.9. The molecule has 1 N–H and O–H groups in total. The fraction of sp³-hybridized carbons (Fsp3) is 0.571. The molecule has 1 heterocycles. The molecule has 2 atom stereocenters. The predicted octanol–water partition coefficient (Wildman–Crippen LogP) is 3.42. The second kappa shape index (κ2) is 6.39. The van der Waals surface area contributed by atoms with Crippen molar-refractivity contribution in [1.29, 1.82) is 0 Å². The van der Waals surface area contributed by atoms with Gasteiger partial charge in [-0.05, 0) is 43.4 Å². The second-order valence-corrected chi connectivity index (χ2v) is 5.20. The Labute approximate surface area is 108 Å². The van der Waals surface area contributed by atoms with Crippen molar-refractivity contribution in [1.82, 2.24) is 5.32 Å². The minimum absolute atomic E-state index is 0.343. The van der Waals surface area contributed by atoms with E-state index in [0.29, 0.717) is 12.0 Å². The molecule has 1 saturated heterocycles. The van der Waals surface area contributed by atoms with Gasteiger partial charge in [-0.1, -0.05) is 23.7 Å². The highest BCUT2D eigenvalue weighted by Crippen LogP contribution is 2.19. The molecule has 0 radical (unpaired) electrons. The number of hydrogen-bond donors (Lipinski definition) is 1. The van der Waals surface area contributed by atoms with Crippen LogP contribution in [-0.2, 0) is 4.74 Å². The van der Waals surface area contributed by atoms with Crippen molar-refractivity contribution in [3.8, 4) is 0 Å². The molecule has 1 aliphatic rings. The summed E-state index contributed by atoms with van der Waals surface area (Å²) >= 11 is 5.99. The van der Waals surface area contributed by atoms with E-state index in [0.717, 1.165) is 24.8 Å². The summed E-state index contributed by atoms with van der Waals surface area (Å²) in [6.45, 7) is 5.03. The van der Waals surface area contributed by atoms with Gasteiger partial charge >= 0.3 is 0 Å². The molecule has 1 aromatic carbocycles. The predicted molar refractivity (Wildman–Crippen MR) is 71.4 cm³/mol. The lowest BCUT2D eigenvalue weighted by Crippen LogP contribution is -2.30. The normalized spacial score (nSPS) is 22.4. The molecule has 0 bridgehead atoms. The monoisotopic (exact) mass is 253 g/mol. The third-order valence-electron chi connectivity index (χ3n) is 3.32. The van der Waals surface area contributed by atoms with Gasteiger partial charge in [-0.3, -0.25) is 0 Å². The fourth-order valence-electron chi connectivity index (χ4n) is 2.21. The highest BCUT2D eigenvalue weighted by atomic mass is 35.5. The SMILES string of the molecule is C[C@H](NCC1CCCOC1)c1cccc(Cl)c1. The number of benzene rings is 1. The fourth-order valence-corrected chi connectivity index (χ4v) is 2.40. The molecular formula is C14H20ClNO. The molecule has 0 amide bonds. The maximum Gasteiger partial charge on any atom is 0.0506 e. The number of hydrogen-bond acceptors (Lipinski definition) is 2. The lowest BCUT2D eigenvalue weighted by molar-refractivity contribution is 0.0540. The summed E-state index contributed by atoms with van der Waals surface area (Å²) in [5.74, 6) is 0.658. The molecule has 94 valence electrons. The standard InChI is InChI=1S/C14H20ClNO/c1-11(13-5-2-6-14(15)8-13)16-9-12-4-3-7-17-10-12/h2,5-6,8,11-12,16H,3-4,7,9-10H2,1H3/t11-,12?/m0/s1. The van der Waals surface area contributed by atoms with Crippen molar-refractivity contribution in [2.75, 3.05) is 19.8 Å². The van der Waals surface area contributed by atoms with Gasteiger partial charge in [0, 0.05) is 24.2 Å². The van der Waals surface area contributed by atoms with Gasteiger partial charge in [0.2, 0.25) is 0 Å². The summed E-state index contributed by atoms with van der Waals surface area (Å²) in [4.78, 5) is 0. The van der Waals surface area contributed by atoms with Crippen LogP contribution in [0.2, 0.25) is 5.02 Å². The van der Waals surface area contributed by atoms with E-state index in [1.807, 2.05) is 18.2 Å². The highest BCUT2D eigenvalue weighted by molar-refractivity contribution is 6.30. The molecule has 0 spiro atoms. The Morgan fingerprint density at radius 2 is 2.41 bits per heavy atom. The zero-order valence-corrected chi connectivity index (χ0v) is 11.0. The first-order valence-electron chi connectivity index (χ1n) is 6.32. The van der Waals surface area contributed by atoms with E-state index in [-0.39, 0.29) is 0 Å². The Hall–Kier alpha value is -0.570. The van der Waals surface area contributed by atoms with Crippen molar-refractivity contribution in [3.05, 3.63) is 34.9 Å². The molecule has 0 aliphatic carbocycles. The molecule has 2 nitrogen and oxygen atoms in total. The Kier molecular flexibility index (Phi) is 4.84. The van der Waals surface area contributed by atoms with Crippen molar-refractivity contribution >= 4 is 11.6 Å². The van der Waals surface area contributed by atoms with Gasteiger partial charge in [-0.25, -0.2) is 0 Å². The summed E-state index contributed by atoms with van der Waals surface area (Å²) in [5, 5.41) is 4.36. The Morgan fingerprint density at radius 1 is 1.53 bits per heavy atom. The zero-order chi connectivity index (χ0) is 12.1. The number of halogens is 1. The van der Waals surface area contributed by atoms with Crippen molar-refractivity contribution in [3.63, 3.8) is 0 Å². The maximum atomic E-state index is 5.99. The number of nitrogens with one attached hydrogen (secondary N) is 1. The Bertz CT molecular complexity index is 350. The zero-order valence-electron chi connectivity index (χ0n) is 10.3. The highest BCUT2D eigenvalue weighted by Gasteiger charge is 2.15. The van der Waals surface area contributed by atoms with E-state index < -0.39 is 0 Å². The number of rotatable bonds is 4. The van der Waals surface area contributed by atoms with Gasteiger partial charge in [-0.15, -0.1) is 0 Å². The van der Waals surface area contributed by atoms with Crippen LogP contribution in [0, 0.1) is 5.92 Å². The van der Waals surface area contributed by atoms with E-state index in [1.165, 1.54) is 18.4 Å². The smallest absolute Gasteiger partial charge is 0.0506 e. The second-order valence-electron chi connectivity index (χ2n) is 4.77. The molecule has 0 saturated carbocycles. The van der Waals surface area contributed by atoms with Gasteiger partial charge in [-0.2, -0.15) is 0 Å². The molecule has 3 heteroatoms. The van der Waals surface area contributed by atoms with Crippen LogP contribution in [-0.4, -0.2) is 19.8 Å². The molecule has 1 unspecified atom stereocenters. The Morgan fingerprint density at radius 3 is 3.12 bits per heavy atom. The average Bonchev–Trinajstić information content (AvgIpc) is 2.37. The third kappa shape index (κ3) is 3.98. The van der Waals surface area contributed by atoms with Gasteiger partial charge < -0.3 is 10.1 Å². The van der Waals surface area contributed by atoms with E-state index in [1.54, 1.807) is 0 Å². The van der Waals surface area contributed by atoms with Crippen LogP contribution in [0.5, 0.6) is 0 Å². The van der Waals surface area contributed by atoms with Gasteiger partial charge in [0.1, 0.15) is 0 Å². The topological polar surface area (TPSA) is 21.3 Å². The van der Waals surface area contributed by atoms with Crippen molar-refractivity contribution in [2.45, 2.75) is 25.8 Å². The molecule has 1 aromatic rings. The first-order valence-corrected chi connectivity index (χ1v) is 6.70. The Balaban J connectivity index is 1.82. The summed E-state index contributed by atoms with van der Waals surface area (Å²) in [6.07, 6.45) is 2.47. The van der Waals surface area contributed by atoms with Gasteiger partial charge in [0.25, 0.3) is 0 Å². The minimum atomic E-state index is 0.343. The van der Waals surface area contributed by atoms with Crippen LogP contribution in [0.4, 0.5) is 0 Å². The maximum absolute atomic E-state index is 5.99. The summed E-state index contributed by atoms with van der Waals surface area (Å²) in [6, 6.07) is 8.39. The summed E-state index contributed by atoms with van der Waals surface area (Å²) < 4.78 is 5.48. The minimum Gasteiger partial charge on any atom is -0.381 e. The number of ether oxygens (including phenoxy) is 1. The molecular weight excluding hydrogens is 234 g/mol. The van der Waals surface area contributed by atoms with Crippen LogP contribution in [0.15, 0.2) is 24.3 Å². The molecule has 17 heavy (non-hydrogen) atoms. The van der Waals surface area contributed by atoms with E-state index in [2.05, 4.69) is 18.3 Å². The molecule has 2 rings (SSSR count). The van der Waals surface area contributed by atoms with E-state index >= 15 is 0 Å². The quantitative estimate of drug-likeness (QED) is 0.888. The van der Waals surface area contributed by atoms with Gasteiger partial charge in [0.05, 0.1) is 6.61 Å². The average molecular weight is 254 g/mol. The lowest BCUT2D eigenvalue weighted by Gasteiger charge is -2.24. The van der Waals surface area contributed by atoms with Crippen LogP contribution < -0.4 is 5.32 Å². The van der Waals surface area contributed by atoms with E-state index in [4.69, 9.17) is 16.3 Å². The largest absolute Gasteiger partial charge is 0.381 e. The first-order chi connectivity index (χ1) is 8.25. The lowest BCUT2D eigenvalue weighted by atomic mass is 10.0. The van der Waals surface area contributed by atoms with Crippen LogP contribution in [0.3, 0.4) is 0 Å². The molecule has 1 fully saturated rings. The summed E-state index contributed by atoms with van der Waals surface area (Å²) in [7, 11) is 0. The molecule has 1 aliphatic heterocycles. The van der Waals surface area contributed by atoms with Crippen molar-refractivity contribution < 1.29 is 4.74 Å². The van der Waals surface area contributed by atoms with Crippen LogP contribution in [0.1, 0.15) is 31.4 Å². The summed E-state index contributed by atoms with van der Waals surface area (Å²) in [5.41, 5.74) is 1.24. The van der Waals surface area contributed by atoms with Crippen molar-refractivity contribution in [2.24, 2.45) is 5.92 Å². The van der Waals surface area contributed by atoms with E-state index in [9.17, 15) is 0 Å². The van der Waals surface area contributed by atoms with Crippen LogP contribution in [0.25, 0.3) is 0 Å². The molecule has 0 aromatic heterocycles. The third-order valence-corrected chi connectivity index (χ3v) is 3.55.